The number of amides is 2. The Balaban J connectivity index is 2.19. The van der Waals surface area contributed by atoms with Crippen LogP contribution in [0.1, 0.15) is 16.8 Å². The molecule has 1 aliphatic heterocycles. The topological polar surface area (TPSA) is 49.4 Å². The van der Waals surface area contributed by atoms with Crippen molar-refractivity contribution in [3.63, 3.8) is 0 Å². The summed E-state index contributed by atoms with van der Waals surface area (Å²) in [4.78, 5) is 24.5. The molecule has 1 fully saturated rings. The van der Waals surface area contributed by atoms with E-state index in [9.17, 15) is 18.4 Å². The van der Waals surface area contributed by atoms with Crippen molar-refractivity contribution in [2.45, 2.75) is 6.42 Å². The van der Waals surface area contributed by atoms with Gasteiger partial charge in [-0.05, 0) is 18.2 Å². The quantitative estimate of drug-likeness (QED) is 0.810. The van der Waals surface area contributed by atoms with Crippen LogP contribution in [0.15, 0.2) is 18.2 Å². The molecule has 0 bridgehead atoms. The molecule has 96 valence electrons. The predicted octanol–water partition coefficient (Wildman–Crippen LogP) is 0.927. The third kappa shape index (κ3) is 2.64. The molecular formula is C12H12F2N2O2. The van der Waals surface area contributed by atoms with Crippen LogP contribution in [0, 0.1) is 11.6 Å². The molecule has 0 unspecified atom stereocenters. The van der Waals surface area contributed by atoms with Gasteiger partial charge in [0.05, 0.1) is 5.56 Å². The summed E-state index contributed by atoms with van der Waals surface area (Å²) in [6, 6.07) is 2.75. The average Bonchev–Trinajstić information content (AvgIpc) is 2.56. The minimum Gasteiger partial charge on any atom is -0.354 e. The molecular weight excluding hydrogens is 242 g/mol. The Morgan fingerprint density at radius 3 is 2.83 bits per heavy atom. The van der Waals surface area contributed by atoms with E-state index in [1.54, 1.807) is 0 Å². The maximum absolute atomic E-state index is 13.5. The van der Waals surface area contributed by atoms with Gasteiger partial charge in [0.25, 0.3) is 5.91 Å². The number of nitrogens with one attached hydrogen (secondary N) is 1. The molecule has 1 aromatic rings. The number of hydrogen-bond acceptors (Lipinski definition) is 2. The van der Waals surface area contributed by atoms with Crippen LogP contribution in [0.25, 0.3) is 0 Å². The van der Waals surface area contributed by atoms with Crippen LogP contribution in [-0.4, -0.2) is 36.3 Å². The van der Waals surface area contributed by atoms with Crippen molar-refractivity contribution in [1.29, 1.82) is 0 Å². The Kier molecular flexibility index (Phi) is 3.55. The molecule has 0 spiro atoms. The van der Waals surface area contributed by atoms with E-state index in [-0.39, 0.29) is 24.4 Å². The fourth-order valence-corrected chi connectivity index (χ4v) is 1.80. The summed E-state index contributed by atoms with van der Waals surface area (Å²) in [6.45, 7) is 0.822. The molecule has 0 atom stereocenters. The van der Waals surface area contributed by atoms with E-state index in [0.717, 1.165) is 18.2 Å². The van der Waals surface area contributed by atoms with Crippen molar-refractivity contribution in [2.75, 3.05) is 19.6 Å². The van der Waals surface area contributed by atoms with Gasteiger partial charge in [0, 0.05) is 26.1 Å². The summed E-state index contributed by atoms with van der Waals surface area (Å²) in [5, 5.41) is 2.61. The molecule has 2 rings (SSSR count). The van der Waals surface area contributed by atoms with Gasteiger partial charge in [0.1, 0.15) is 11.6 Å². The predicted molar refractivity (Wildman–Crippen MR) is 59.9 cm³/mol. The average molecular weight is 254 g/mol. The number of nitrogens with zero attached hydrogens (tertiary/aromatic N) is 1. The van der Waals surface area contributed by atoms with Crippen molar-refractivity contribution in [3.8, 4) is 0 Å². The molecule has 1 aromatic carbocycles. The number of carbonyl (C=O) groups is 2. The fraction of sp³-hybridized carbons (Fsp3) is 0.333. The molecule has 1 aliphatic rings. The second-order valence-corrected chi connectivity index (χ2v) is 4.02. The van der Waals surface area contributed by atoms with Crippen molar-refractivity contribution < 1.29 is 18.4 Å². The lowest BCUT2D eigenvalue weighted by Gasteiger charge is -2.19. The zero-order chi connectivity index (χ0) is 13.1. The van der Waals surface area contributed by atoms with Gasteiger partial charge < -0.3 is 10.2 Å². The zero-order valence-corrected chi connectivity index (χ0v) is 9.58. The van der Waals surface area contributed by atoms with Gasteiger partial charge in [-0.1, -0.05) is 0 Å². The Labute approximate surface area is 103 Å². The standard InChI is InChI=1S/C12H12F2N2O2/c13-8-1-2-10(14)9(7-8)12(18)16-5-3-11(17)15-4-6-16/h1-2,7H,3-6H2,(H,15,17). The highest BCUT2D eigenvalue weighted by atomic mass is 19.1. The Morgan fingerprint density at radius 1 is 1.28 bits per heavy atom. The van der Waals surface area contributed by atoms with Crippen LogP contribution in [0.4, 0.5) is 8.78 Å². The summed E-state index contributed by atoms with van der Waals surface area (Å²) >= 11 is 0. The van der Waals surface area contributed by atoms with E-state index in [2.05, 4.69) is 5.32 Å². The van der Waals surface area contributed by atoms with Crippen LogP contribution in [-0.2, 0) is 4.79 Å². The van der Waals surface area contributed by atoms with E-state index in [1.807, 2.05) is 0 Å². The third-order valence-electron chi connectivity index (χ3n) is 2.76. The van der Waals surface area contributed by atoms with E-state index in [0.29, 0.717) is 13.1 Å². The molecule has 0 aliphatic carbocycles. The first-order valence-corrected chi connectivity index (χ1v) is 5.59. The normalized spacial score (nSPS) is 16.1. The molecule has 6 heteroatoms. The first kappa shape index (κ1) is 12.5. The van der Waals surface area contributed by atoms with Crippen molar-refractivity contribution in [3.05, 3.63) is 35.4 Å². The van der Waals surface area contributed by atoms with Gasteiger partial charge in [0.15, 0.2) is 0 Å². The lowest BCUT2D eigenvalue weighted by Crippen LogP contribution is -2.34. The first-order valence-electron chi connectivity index (χ1n) is 5.59. The Hall–Kier alpha value is -1.98. The van der Waals surface area contributed by atoms with Gasteiger partial charge >= 0.3 is 0 Å². The monoisotopic (exact) mass is 254 g/mol. The van der Waals surface area contributed by atoms with Gasteiger partial charge in [0.2, 0.25) is 5.91 Å². The van der Waals surface area contributed by atoms with Crippen LogP contribution >= 0.6 is 0 Å². The van der Waals surface area contributed by atoms with E-state index in [1.165, 1.54) is 4.90 Å². The van der Waals surface area contributed by atoms with E-state index in [4.69, 9.17) is 0 Å². The van der Waals surface area contributed by atoms with Crippen molar-refractivity contribution >= 4 is 11.8 Å². The summed E-state index contributed by atoms with van der Waals surface area (Å²) in [5.74, 6) is -2.16. The molecule has 18 heavy (non-hydrogen) atoms. The third-order valence-corrected chi connectivity index (χ3v) is 2.76. The summed E-state index contributed by atoms with van der Waals surface area (Å²) < 4.78 is 26.5. The molecule has 4 nitrogen and oxygen atoms in total. The maximum atomic E-state index is 13.5. The number of hydrogen-bond donors (Lipinski definition) is 1. The minimum absolute atomic E-state index is 0.148. The summed E-state index contributed by atoms with van der Waals surface area (Å²) in [5.41, 5.74) is -0.302. The van der Waals surface area contributed by atoms with Crippen molar-refractivity contribution in [1.82, 2.24) is 10.2 Å². The highest BCUT2D eigenvalue weighted by Gasteiger charge is 2.22. The molecule has 2 amide bonds. The molecule has 1 heterocycles. The first-order chi connectivity index (χ1) is 8.58. The minimum atomic E-state index is -0.759. The van der Waals surface area contributed by atoms with Gasteiger partial charge in [-0.25, -0.2) is 8.78 Å². The highest BCUT2D eigenvalue weighted by molar-refractivity contribution is 5.95. The summed E-state index contributed by atoms with van der Waals surface area (Å²) in [7, 11) is 0. The lowest BCUT2D eigenvalue weighted by molar-refractivity contribution is -0.120. The number of halogens is 2. The number of carbonyl (C=O) groups excluding carboxylic acids is 2. The molecule has 0 saturated carbocycles. The number of benzene rings is 1. The second-order valence-electron chi connectivity index (χ2n) is 4.02. The summed E-state index contributed by atoms with van der Waals surface area (Å²) in [6.07, 6.45) is 0.169. The Morgan fingerprint density at radius 2 is 2.06 bits per heavy atom. The molecule has 0 radical (unpaired) electrons. The lowest BCUT2D eigenvalue weighted by atomic mass is 10.1. The second kappa shape index (κ2) is 5.12. The molecule has 0 aromatic heterocycles. The zero-order valence-electron chi connectivity index (χ0n) is 9.58. The maximum Gasteiger partial charge on any atom is 0.257 e. The van der Waals surface area contributed by atoms with Crippen LogP contribution < -0.4 is 5.32 Å². The molecule has 1 saturated heterocycles. The number of rotatable bonds is 1. The fourth-order valence-electron chi connectivity index (χ4n) is 1.80. The largest absolute Gasteiger partial charge is 0.354 e. The highest BCUT2D eigenvalue weighted by Crippen LogP contribution is 2.13. The van der Waals surface area contributed by atoms with Crippen LogP contribution in [0.2, 0.25) is 0 Å². The van der Waals surface area contributed by atoms with Gasteiger partial charge in [-0.15, -0.1) is 0 Å². The smallest absolute Gasteiger partial charge is 0.257 e. The van der Waals surface area contributed by atoms with E-state index < -0.39 is 17.5 Å². The van der Waals surface area contributed by atoms with Gasteiger partial charge in [-0.3, -0.25) is 9.59 Å². The van der Waals surface area contributed by atoms with Crippen LogP contribution in [0.5, 0.6) is 0 Å². The van der Waals surface area contributed by atoms with E-state index >= 15 is 0 Å². The molecule has 1 N–H and O–H groups in total. The SMILES string of the molecule is O=C1CCN(C(=O)c2cc(F)ccc2F)CCN1. The van der Waals surface area contributed by atoms with Crippen LogP contribution in [0.3, 0.4) is 0 Å². The van der Waals surface area contributed by atoms with Crippen molar-refractivity contribution in [2.24, 2.45) is 0 Å². The van der Waals surface area contributed by atoms with Gasteiger partial charge in [-0.2, -0.15) is 0 Å². The Bertz CT molecular complexity index is 491.